The van der Waals surface area contributed by atoms with Crippen molar-refractivity contribution in [3.63, 3.8) is 0 Å². The zero-order valence-corrected chi connectivity index (χ0v) is 15.5. The van der Waals surface area contributed by atoms with E-state index in [-0.39, 0.29) is 11.3 Å². The van der Waals surface area contributed by atoms with E-state index in [1.165, 1.54) is 24.2 Å². The molecule has 2 saturated heterocycles. The number of hydrogen-bond acceptors (Lipinski definition) is 5. The lowest BCUT2D eigenvalue weighted by molar-refractivity contribution is 0.0521. The van der Waals surface area contributed by atoms with E-state index in [0.717, 1.165) is 50.5 Å². The molecule has 0 N–H and O–H groups in total. The number of piperidine rings is 1. The number of carbonyl (C=O) groups excluding carboxylic acids is 1. The Kier molecular flexibility index (Phi) is 4.56. The molecular weight excluding hydrogens is 332 g/mol. The third-order valence-corrected chi connectivity index (χ3v) is 6.04. The molecule has 6 heteroatoms. The van der Waals surface area contributed by atoms with Crippen LogP contribution in [0.1, 0.15) is 41.1 Å². The second kappa shape index (κ2) is 6.84. The van der Waals surface area contributed by atoms with Crippen LogP contribution in [0, 0.1) is 12.3 Å². The van der Waals surface area contributed by atoms with Crippen molar-refractivity contribution < 1.29 is 4.79 Å². The number of aromatic nitrogens is 2. The zero-order valence-electron chi connectivity index (χ0n) is 14.6. The monoisotopic (exact) mass is 356 g/mol. The predicted molar refractivity (Wildman–Crippen MR) is 98.6 cm³/mol. The van der Waals surface area contributed by atoms with Gasteiger partial charge in [0.05, 0.1) is 11.2 Å². The summed E-state index contributed by atoms with van der Waals surface area (Å²) in [4.78, 5) is 26.0. The van der Waals surface area contributed by atoms with E-state index in [4.69, 9.17) is 0 Å². The maximum Gasteiger partial charge on any atom is 0.273 e. The van der Waals surface area contributed by atoms with Crippen LogP contribution in [0.15, 0.2) is 29.1 Å². The largest absolute Gasteiger partial charge is 0.337 e. The maximum atomic E-state index is 12.7. The van der Waals surface area contributed by atoms with Crippen molar-refractivity contribution >= 4 is 17.2 Å². The molecule has 25 heavy (non-hydrogen) atoms. The van der Waals surface area contributed by atoms with Gasteiger partial charge in [-0.1, -0.05) is 6.07 Å². The minimum Gasteiger partial charge on any atom is -0.337 e. The molecule has 0 unspecified atom stereocenters. The first-order valence-corrected chi connectivity index (χ1v) is 9.90. The number of aryl methyl sites for hydroxylation is 1. The second-order valence-electron chi connectivity index (χ2n) is 7.43. The van der Waals surface area contributed by atoms with Gasteiger partial charge in [0, 0.05) is 42.7 Å². The summed E-state index contributed by atoms with van der Waals surface area (Å²) in [6.45, 7) is 6.82. The SMILES string of the molecule is Cc1cccc(CN2CC[C@]3(CCCN(C(=O)c4cscn4)C3)C2)n1. The van der Waals surface area contributed by atoms with Gasteiger partial charge in [0.1, 0.15) is 5.69 Å². The Morgan fingerprint density at radius 3 is 3.00 bits per heavy atom. The smallest absolute Gasteiger partial charge is 0.273 e. The molecule has 1 atom stereocenters. The van der Waals surface area contributed by atoms with Crippen molar-refractivity contribution in [2.75, 3.05) is 26.2 Å². The fourth-order valence-electron chi connectivity index (χ4n) is 4.27. The predicted octanol–water partition coefficient (Wildman–Crippen LogP) is 2.97. The van der Waals surface area contributed by atoms with Crippen LogP contribution in [0.4, 0.5) is 0 Å². The summed E-state index contributed by atoms with van der Waals surface area (Å²) >= 11 is 1.48. The molecule has 2 aromatic heterocycles. The van der Waals surface area contributed by atoms with E-state index in [2.05, 4.69) is 27.0 Å². The van der Waals surface area contributed by atoms with Crippen LogP contribution in [0.25, 0.3) is 0 Å². The van der Waals surface area contributed by atoms with E-state index < -0.39 is 0 Å². The molecule has 2 aliphatic rings. The topological polar surface area (TPSA) is 49.3 Å². The van der Waals surface area contributed by atoms with Crippen LogP contribution in [0.2, 0.25) is 0 Å². The molecule has 1 amide bonds. The molecule has 5 nitrogen and oxygen atoms in total. The fraction of sp³-hybridized carbons (Fsp3) is 0.526. The molecule has 0 aromatic carbocycles. The van der Waals surface area contributed by atoms with Crippen LogP contribution in [0.3, 0.4) is 0 Å². The van der Waals surface area contributed by atoms with Gasteiger partial charge in [-0.3, -0.25) is 14.7 Å². The molecule has 132 valence electrons. The van der Waals surface area contributed by atoms with Gasteiger partial charge in [-0.25, -0.2) is 4.98 Å². The summed E-state index contributed by atoms with van der Waals surface area (Å²) < 4.78 is 0. The first-order chi connectivity index (χ1) is 12.1. The van der Waals surface area contributed by atoms with E-state index in [1.54, 1.807) is 5.51 Å². The van der Waals surface area contributed by atoms with Gasteiger partial charge in [0.2, 0.25) is 0 Å². The Hall–Kier alpha value is -1.79. The molecule has 0 aliphatic carbocycles. The quantitative estimate of drug-likeness (QED) is 0.848. The Labute approximate surface area is 152 Å². The van der Waals surface area contributed by atoms with E-state index in [1.807, 2.05) is 23.3 Å². The average Bonchev–Trinajstić information content (AvgIpc) is 3.25. The number of rotatable bonds is 3. The van der Waals surface area contributed by atoms with E-state index >= 15 is 0 Å². The lowest BCUT2D eigenvalue weighted by Crippen LogP contribution is -2.47. The summed E-state index contributed by atoms with van der Waals surface area (Å²) in [5, 5.41) is 1.86. The van der Waals surface area contributed by atoms with Gasteiger partial charge in [-0.15, -0.1) is 11.3 Å². The lowest BCUT2D eigenvalue weighted by Gasteiger charge is -2.40. The first-order valence-electron chi connectivity index (χ1n) is 8.96. The highest BCUT2D eigenvalue weighted by Crippen LogP contribution is 2.39. The summed E-state index contributed by atoms with van der Waals surface area (Å²) in [5.41, 5.74) is 4.79. The van der Waals surface area contributed by atoms with Crippen molar-refractivity contribution in [2.24, 2.45) is 5.41 Å². The van der Waals surface area contributed by atoms with Gasteiger partial charge in [-0.05, 0) is 44.9 Å². The normalized spacial score (nSPS) is 24.1. The minimum atomic E-state index is 0.0964. The van der Waals surface area contributed by atoms with Crippen LogP contribution >= 0.6 is 11.3 Å². The average molecular weight is 356 g/mol. The Morgan fingerprint density at radius 1 is 1.28 bits per heavy atom. The second-order valence-corrected chi connectivity index (χ2v) is 8.15. The highest BCUT2D eigenvalue weighted by atomic mass is 32.1. The molecule has 2 aromatic rings. The lowest BCUT2D eigenvalue weighted by atomic mass is 9.79. The number of thiazole rings is 1. The number of pyridine rings is 1. The van der Waals surface area contributed by atoms with Gasteiger partial charge < -0.3 is 4.90 Å². The van der Waals surface area contributed by atoms with Gasteiger partial charge in [-0.2, -0.15) is 0 Å². The maximum absolute atomic E-state index is 12.7. The summed E-state index contributed by atoms with van der Waals surface area (Å²) in [6.07, 6.45) is 3.47. The Morgan fingerprint density at radius 2 is 2.20 bits per heavy atom. The number of hydrogen-bond donors (Lipinski definition) is 0. The molecule has 4 heterocycles. The number of carbonyl (C=O) groups is 1. The van der Waals surface area contributed by atoms with E-state index in [0.29, 0.717) is 5.69 Å². The molecule has 4 rings (SSSR count). The molecule has 0 saturated carbocycles. The molecular formula is C19H24N4OS. The molecule has 0 radical (unpaired) electrons. The number of likely N-dealkylation sites (tertiary alicyclic amines) is 2. The van der Waals surface area contributed by atoms with Gasteiger partial charge in [0.15, 0.2) is 0 Å². The van der Waals surface area contributed by atoms with Crippen molar-refractivity contribution in [3.05, 3.63) is 46.2 Å². The Bertz CT molecular complexity index is 748. The first kappa shape index (κ1) is 16.7. The van der Waals surface area contributed by atoms with Crippen molar-refractivity contribution in [2.45, 2.75) is 32.7 Å². The third-order valence-electron chi connectivity index (χ3n) is 5.45. The molecule has 1 spiro atoms. The summed E-state index contributed by atoms with van der Waals surface area (Å²) in [7, 11) is 0. The Balaban J connectivity index is 1.41. The van der Waals surface area contributed by atoms with Gasteiger partial charge >= 0.3 is 0 Å². The molecule has 2 aliphatic heterocycles. The summed E-state index contributed by atoms with van der Waals surface area (Å²) in [6, 6.07) is 6.23. The highest BCUT2D eigenvalue weighted by Gasteiger charge is 2.42. The van der Waals surface area contributed by atoms with E-state index in [9.17, 15) is 4.79 Å². The van der Waals surface area contributed by atoms with Gasteiger partial charge in [0.25, 0.3) is 5.91 Å². The van der Waals surface area contributed by atoms with Crippen LogP contribution in [-0.4, -0.2) is 51.9 Å². The van der Waals surface area contributed by atoms with Crippen LogP contribution < -0.4 is 0 Å². The van der Waals surface area contributed by atoms with Crippen LogP contribution in [0.5, 0.6) is 0 Å². The number of nitrogens with zero attached hydrogens (tertiary/aromatic N) is 4. The van der Waals surface area contributed by atoms with Crippen molar-refractivity contribution in [1.29, 1.82) is 0 Å². The summed E-state index contributed by atoms with van der Waals surface area (Å²) in [5.74, 6) is 0.0964. The minimum absolute atomic E-state index is 0.0964. The fourth-order valence-corrected chi connectivity index (χ4v) is 4.80. The molecule has 0 bridgehead atoms. The van der Waals surface area contributed by atoms with Crippen molar-refractivity contribution in [3.8, 4) is 0 Å². The molecule has 2 fully saturated rings. The standard InChI is InChI=1S/C19H24N4OS/c1-15-4-2-5-16(21-15)10-22-9-7-19(12-22)6-3-8-23(13-19)18(24)17-11-25-14-20-17/h2,4-5,11,14H,3,6-10,12-13H2,1H3/t19-/m1/s1. The van der Waals surface area contributed by atoms with Crippen LogP contribution in [-0.2, 0) is 6.54 Å². The zero-order chi connectivity index (χ0) is 17.3. The number of amides is 1. The third kappa shape index (κ3) is 3.60. The highest BCUT2D eigenvalue weighted by molar-refractivity contribution is 7.07. The van der Waals surface area contributed by atoms with Crippen molar-refractivity contribution in [1.82, 2.24) is 19.8 Å².